The molecule has 1 aromatic carbocycles. The molecular formula is C23H32N2O4. The number of hydrogen-bond acceptors (Lipinski definition) is 5. The lowest BCUT2D eigenvalue weighted by atomic mass is 9.93. The number of rotatable bonds is 3. The molecule has 1 aliphatic carbocycles. The van der Waals surface area contributed by atoms with Crippen LogP contribution in [0.2, 0.25) is 0 Å². The summed E-state index contributed by atoms with van der Waals surface area (Å²) in [5, 5.41) is 0. The van der Waals surface area contributed by atoms with E-state index in [1.807, 2.05) is 25.7 Å². The van der Waals surface area contributed by atoms with E-state index >= 15 is 0 Å². The number of carbonyl (C=O) groups excluding carboxylic acids is 1. The highest BCUT2D eigenvalue weighted by molar-refractivity contribution is 5.68. The van der Waals surface area contributed by atoms with E-state index in [1.54, 1.807) is 0 Å². The molecule has 4 aliphatic rings. The molecule has 0 aromatic heterocycles. The van der Waals surface area contributed by atoms with E-state index in [9.17, 15) is 4.79 Å². The van der Waals surface area contributed by atoms with Gasteiger partial charge in [0.25, 0.3) is 0 Å². The summed E-state index contributed by atoms with van der Waals surface area (Å²) in [4.78, 5) is 16.8. The van der Waals surface area contributed by atoms with Crippen LogP contribution in [0.5, 0.6) is 11.5 Å². The Morgan fingerprint density at radius 3 is 2.52 bits per heavy atom. The van der Waals surface area contributed by atoms with Crippen molar-refractivity contribution in [1.29, 1.82) is 0 Å². The Morgan fingerprint density at radius 1 is 1.17 bits per heavy atom. The Hall–Kier alpha value is -1.95. The van der Waals surface area contributed by atoms with Crippen LogP contribution in [0, 0.1) is 5.92 Å². The summed E-state index contributed by atoms with van der Waals surface area (Å²) in [5.41, 5.74) is 2.69. The fourth-order valence-corrected chi connectivity index (χ4v) is 5.14. The minimum atomic E-state index is -0.423. The van der Waals surface area contributed by atoms with Crippen molar-refractivity contribution in [3.8, 4) is 11.5 Å². The van der Waals surface area contributed by atoms with E-state index in [2.05, 4.69) is 17.0 Å². The third-order valence-electron chi connectivity index (χ3n) is 6.86. The molecular weight excluding hydrogens is 368 g/mol. The number of hydrogen-bond donors (Lipinski definition) is 0. The Bertz CT molecular complexity index is 804. The van der Waals surface area contributed by atoms with Gasteiger partial charge in [0.2, 0.25) is 6.79 Å². The van der Waals surface area contributed by atoms with Crippen molar-refractivity contribution in [1.82, 2.24) is 9.80 Å². The normalized spacial score (nSPS) is 22.8. The first-order chi connectivity index (χ1) is 13.8. The van der Waals surface area contributed by atoms with E-state index in [4.69, 9.17) is 14.2 Å². The molecule has 1 saturated heterocycles. The van der Waals surface area contributed by atoms with E-state index in [0.717, 1.165) is 50.5 Å². The molecule has 1 spiro atoms. The van der Waals surface area contributed by atoms with Gasteiger partial charge in [-0.25, -0.2) is 4.79 Å². The van der Waals surface area contributed by atoms with Crippen LogP contribution in [0.1, 0.15) is 64.0 Å². The lowest BCUT2D eigenvalue weighted by Gasteiger charge is -2.34. The van der Waals surface area contributed by atoms with Crippen molar-refractivity contribution in [2.24, 2.45) is 5.92 Å². The van der Waals surface area contributed by atoms with Gasteiger partial charge in [-0.15, -0.1) is 0 Å². The number of piperidine rings is 1. The topological polar surface area (TPSA) is 51.2 Å². The fourth-order valence-electron chi connectivity index (χ4n) is 5.14. The van der Waals surface area contributed by atoms with Gasteiger partial charge in [0.05, 0.1) is 0 Å². The average molecular weight is 401 g/mol. The minimum absolute atomic E-state index is 0.166. The zero-order chi connectivity index (χ0) is 20.2. The maximum Gasteiger partial charge on any atom is 0.410 e. The largest absolute Gasteiger partial charge is 0.454 e. The van der Waals surface area contributed by atoms with E-state index < -0.39 is 5.60 Å². The molecule has 158 valence electrons. The molecule has 0 radical (unpaired) electrons. The van der Waals surface area contributed by atoms with E-state index in [-0.39, 0.29) is 11.6 Å². The molecule has 1 amide bonds. The Morgan fingerprint density at radius 2 is 1.86 bits per heavy atom. The summed E-state index contributed by atoms with van der Waals surface area (Å²) in [5.74, 6) is 2.49. The van der Waals surface area contributed by atoms with Crippen LogP contribution in [0.25, 0.3) is 0 Å². The second-order valence-electron chi connectivity index (χ2n) is 10.0. The smallest absolute Gasteiger partial charge is 0.410 e. The van der Waals surface area contributed by atoms with Gasteiger partial charge in [-0.05, 0) is 88.6 Å². The Balaban J connectivity index is 1.15. The molecule has 3 heterocycles. The molecule has 1 aromatic rings. The van der Waals surface area contributed by atoms with Crippen LogP contribution < -0.4 is 9.47 Å². The number of amides is 1. The molecule has 6 heteroatoms. The number of likely N-dealkylation sites (tertiary alicyclic amines) is 1. The van der Waals surface area contributed by atoms with Crippen molar-refractivity contribution < 1.29 is 19.0 Å². The van der Waals surface area contributed by atoms with Gasteiger partial charge in [0.15, 0.2) is 11.5 Å². The van der Waals surface area contributed by atoms with Crippen molar-refractivity contribution in [3.63, 3.8) is 0 Å². The van der Waals surface area contributed by atoms with Crippen LogP contribution in [0.4, 0.5) is 4.79 Å². The Kier molecular flexibility index (Phi) is 4.46. The van der Waals surface area contributed by atoms with Crippen molar-refractivity contribution in [2.75, 3.05) is 26.4 Å². The summed E-state index contributed by atoms with van der Waals surface area (Å²) in [6.07, 6.45) is 5.67. The average Bonchev–Trinajstić information content (AvgIpc) is 3.24. The minimum Gasteiger partial charge on any atom is -0.454 e. The maximum absolute atomic E-state index is 12.3. The molecule has 2 fully saturated rings. The number of ether oxygens (including phenoxy) is 3. The zero-order valence-electron chi connectivity index (χ0n) is 17.8. The van der Waals surface area contributed by atoms with Gasteiger partial charge < -0.3 is 19.1 Å². The molecule has 0 N–H and O–H groups in total. The van der Waals surface area contributed by atoms with Crippen molar-refractivity contribution >= 4 is 6.09 Å². The first-order valence-corrected chi connectivity index (χ1v) is 11.0. The molecule has 5 rings (SSSR count). The van der Waals surface area contributed by atoms with Gasteiger partial charge in [-0.2, -0.15) is 0 Å². The van der Waals surface area contributed by atoms with Gasteiger partial charge >= 0.3 is 6.09 Å². The second kappa shape index (κ2) is 6.79. The van der Waals surface area contributed by atoms with Crippen LogP contribution in [-0.2, 0) is 16.8 Å². The third kappa shape index (κ3) is 3.56. The highest BCUT2D eigenvalue weighted by Crippen LogP contribution is 2.58. The summed E-state index contributed by atoms with van der Waals surface area (Å²) in [6.45, 7) is 9.88. The lowest BCUT2D eigenvalue weighted by Crippen LogP contribution is -2.42. The lowest BCUT2D eigenvalue weighted by molar-refractivity contribution is 0.0175. The molecule has 0 atom stereocenters. The SMILES string of the molecule is CC(C)(C)OC(=O)N1CCC(CCN2Cc3cc4c(cc3C23CC3)OCO4)CC1. The van der Waals surface area contributed by atoms with E-state index in [0.29, 0.717) is 12.7 Å². The van der Waals surface area contributed by atoms with Crippen LogP contribution in [-0.4, -0.2) is 47.9 Å². The summed E-state index contributed by atoms with van der Waals surface area (Å²) < 4.78 is 16.7. The number of fused-ring (bicyclic) bond motifs is 3. The van der Waals surface area contributed by atoms with Crippen molar-refractivity contribution in [3.05, 3.63) is 23.3 Å². The first-order valence-electron chi connectivity index (χ1n) is 11.0. The number of benzene rings is 1. The molecule has 3 aliphatic heterocycles. The van der Waals surface area contributed by atoms with Gasteiger partial charge in [-0.1, -0.05) is 0 Å². The number of nitrogens with zero attached hydrogens (tertiary/aromatic N) is 2. The van der Waals surface area contributed by atoms with E-state index in [1.165, 1.54) is 30.4 Å². The van der Waals surface area contributed by atoms with Gasteiger partial charge in [-0.3, -0.25) is 4.90 Å². The second-order valence-corrected chi connectivity index (χ2v) is 10.0. The van der Waals surface area contributed by atoms with Gasteiger partial charge in [0, 0.05) is 25.2 Å². The van der Waals surface area contributed by atoms with Crippen LogP contribution in [0.15, 0.2) is 12.1 Å². The highest BCUT2D eigenvalue weighted by atomic mass is 16.7. The van der Waals surface area contributed by atoms with Crippen molar-refractivity contribution in [2.45, 2.75) is 70.6 Å². The maximum atomic E-state index is 12.3. The molecule has 0 bridgehead atoms. The predicted octanol–water partition coefficient (Wildman–Crippen LogP) is 4.26. The quantitative estimate of drug-likeness (QED) is 0.759. The Labute approximate surface area is 173 Å². The summed E-state index contributed by atoms with van der Waals surface area (Å²) in [7, 11) is 0. The number of carbonyl (C=O) groups is 1. The zero-order valence-corrected chi connectivity index (χ0v) is 17.8. The molecule has 29 heavy (non-hydrogen) atoms. The van der Waals surface area contributed by atoms with Gasteiger partial charge in [0.1, 0.15) is 5.60 Å². The molecule has 6 nitrogen and oxygen atoms in total. The highest BCUT2D eigenvalue weighted by Gasteiger charge is 2.54. The first kappa shape index (κ1) is 19.0. The molecule has 0 unspecified atom stereocenters. The summed E-state index contributed by atoms with van der Waals surface area (Å²) in [6, 6.07) is 4.42. The monoisotopic (exact) mass is 400 g/mol. The van der Waals surface area contributed by atoms with Crippen LogP contribution in [0.3, 0.4) is 0 Å². The molecule has 1 saturated carbocycles. The third-order valence-corrected chi connectivity index (χ3v) is 6.86. The summed E-state index contributed by atoms with van der Waals surface area (Å²) >= 11 is 0. The van der Waals surface area contributed by atoms with Crippen LogP contribution >= 0.6 is 0 Å². The standard InChI is InChI=1S/C23H32N2O4/c1-22(2,3)29-21(26)24-9-4-16(5-10-24)6-11-25-14-17-12-19-20(28-15-27-19)13-18(17)23(25)7-8-23/h12-13,16H,4-11,14-15H2,1-3H3. The predicted molar refractivity (Wildman–Crippen MR) is 109 cm³/mol. The fraction of sp³-hybridized carbons (Fsp3) is 0.696.